The van der Waals surface area contributed by atoms with E-state index >= 15 is 0 Å². The Balaban J connectivity index is 0.000000183. The predicted molar refractivity (Wildman–Crippen MR) is 41.9 cm³/mol. The van der Waals surface area contributed by atoms with E-state index in [9.17, 15) is 4.79 Å². The Morgan fingerprint density at radius 1 is 1.91 bits per heavy atom. The molecule has 0 aromatic carbocycles. The van der Waals surface area contributed by atoms with Gasteiger partial charge in [0.15, 0.2) is 0 Å². The summed E-state index contributed by atoms with van der Waals surface area (Å²) in [6.07, 6.45) is 4.90. The standard InChI is InChI=1S/C4H6O2.C4H6O/c1-3-6-4(2)5;5-4-2-1-3-4/h3H,1H2,2H3;2,5H,1,3H2. The van der Waals surface area contributed by atoms with Crippen molar-refractivity contribution in [3.05, 3.63) is 24.7 Å². The highest BCUT2D eigenvalue weighted by molar-refractivity contribution is 5.66. The van der Waals surface area contributed by atoms with Crippen molar-refractivity contribution < 1.29 is 14.6 Å². The molecule has 0 bridgehead atoms. The van der Waals surface area contributed by atoms with E-state index in [2.05, 4.69) is 11.3 Å². The fourth-order valence-electron chi connectivity index (χ4n) is 0.391. The average molecular weight is 156 g/mol. The molecule has 3 heteroatoms. The minimum atomic E-state index is -0.329. The van der Waals surface area contributed by atoms with Crippen LogP contribution in [0, 0.1) is 0 Å². The number of hydrogen-bond acceptors (Lipinski definition) is 3. The van der Waals surface area contributed by atoms with Crippen LogP contribution < -0.4 is 0 Å². The molecule has 0 unspecified atom stereocenters. The van der Waals surface area contributed by atoms with Gasteiger partial charge in [0, 0.05) is 13.3 Å². The van der Waals surface area contributed by atoms with Gasteiger partial charge in [-0.05, 0) is 12.5 Å². The van der Waals surface area contributed by atoms with E-state index in [1.54, 1.807) is 0 Å². The lowest BCUT2D eigenvalue weighted by atomic mass is 10.1. The van der Waals surface area contributed by atoms with Crippen molar-refractivity contribution in [2.24, 2.45) is 0 Å². The minimum Gasteiger partial charge on any atom is -0.513 e. The summed E-state index contributed by atoms with van der Waals surface area (Å²) in [7, 11) is 0. The first kappa shape index (κ1) is 9.75. The second-order valence-electron chi connectivity index (χ2n) is 2.01. The third-order valence-electron chi connectivity index (χ3n) is 1.03. The molecule has 62 valence electrons. The van der Waals surface area contributed by atoms with Crippen LogP contribution in [0.15, 0.2) is 24.7 Å². The summed E-state index contributed by atoms with van der Waals surface area (Å²) in [6, 6.07) is 0. The Morgan fingerprint density at radius 2 is 2.36 bits per heavy atom. The van der Waals surface area contributed by atoms with Crippen LogP contribution in [0.5, 0.6) is 0 Å². The summed E-state index contributed by atoms with van der Waals surface area (Å²) in [5.41, 5.74) is 0. The van der Waals surface area contributed by atoms with Crippen molar-refractivity contribution in [1.82, 2.24) is 0 Å². The molecule has 0 saturated heterocycles. The van der Waals surface area contributed by atoms with Crippen molar-refractivity contribution in [2.45, 2.75) is 19.8 Å². The Labute approximate surface area is 66.0 Å². The number of carbonyl (C=O) groups excluding carboxylic acids is 1. The van der Waals surface area contributed by atoms with Gasteiger partial charge in [-0.3, -0.25) is 4.79 Å². The fourth-order valence-corrected chi connectivity index (χ4v) is 0.391. The molecule has 0 saturated carbocycles. The van der Waals surface area contributed by atoms with E-state index in [4.69, 9.17) is 5.11 Å². The van der Waals surface area contributed by atoms with Crippen molar-refractivity contribution in [1.29, 1.82) is 0 Å². The Hall–Kier alpha value is -1.25. The van der Waals surface area contributed by atoms with Gasteiger partial charge >= 0.3 is 5.97 Å². The maximum Gasteiger partial charge on any atom is 0.307 e. The molecule has 0 aromatic heterocycles. The quantitative estimate of drug-likeness (QED) is 0.466. The van der Waals surface area contributed by atoms with Crippen LogP contribution in [0.4, 0.5) is 0 Å². The monoisotopic (exact) mass is 156 g/mol. The fraction of sp³-hybridized carbons (Fsp3) is 0.375. The molecule has 0 spiro atoms. The lowest BCUT2D eigenvalue weighted by Crippen LogP contribution is -1.88. The molecular weight excluding hydrogens is 144 g/mol. The van der Waals surface area contributed by atoms with Crippen LogP contribution in [0.3, 0.4) is 0 Å². The zero-order valence-electron chi connectivity index (χ0n) is 6.54. The van der Waals surface area contributed by atoms with Gasteiger partial charge in [-0.15, -0.1) is 0 Å². The highest BCUT2D eigenvalue weighted by Crippen LogP contribution is 2.12. The largest absolute Gasteiger partial charge is 0.513 e. The second-order valence-corrected chi connectivity index (χ2v) is 2.01. The third-order valence-corrected chi connectivity index (χ3v) is 1.03. The van der Waals surface area contributed by atoms with E-state index < -0.39 is 0 Å². The van der Waals surface area contributed by atoms with Crippen LogP contribution in [0.2, 0.25) is 0 Å². The molecule has 1 aliphatic rings. The number of aliphatic hydroxyl groups excluding tert-OH is 1. The van der Waals surface area contributed by atoms with Crippen molar-refractivity contribution in [2.75, 3.05) is 0 Å². The Bertz CT molecular complexity index is 170. The molecule has 11 heavy (non-hydrogen) atoms. The van der Waals surface area contributed by atoms with E-state index in [1.807, 2.05) is 6.08 Å². The zero-order valence-corrected chi connectivity index (χ0v) is 6.54. The van der Waals surface area contributed by atoms with Crippen LogP contribution in [-0.2, 0) is 9.53 Å². The molecule has 0 atom stereocenters. The van der Waals surface area contributed by atoms with E-state index in [0.29, 0.717) is 5.76 Å². The molecule has 0 radical (unpaired) electrons. The van der Waals surface area contributed by atoms with Crippen LogP contribution in [0.1, 0.15) is 19.8 Å². The second kappa shape index (κ2) is 5.53. The van der Waals surface area contributed by atoms with Gasteiger partial charge in [0.2, 0.25) is 0 Å². The van der Waals surface area contributed by atoms with E-state index in [-0.39, 0.29) is 5.97 Å². The number of hydrogen-bond donors (Lipinski definition) is 1. The van der Waals surface area contributed by atoms with Gasteiger partial charge in [-0.2, -0.15) is 0 Å². The maximum absolute atomic E-state index is 9.75. The topological polar surface area (TPSA) is 46.5 Å². The first-order valence-electron chi connectivity index (χ1n) is 3.33. The van der Waals surface area contributed by atoms with Crippen molar-refractivity contribution >= 4 is 5.97 Å². The number of allylic oxidation sites excluding steroid dienone is 2. The normalized spacial score (nSPS) is 13.0. The molecule has 0 aliphatic heterocycles. The molecule has 1 aliphatic carbocycles. The molecule has 0 heterocycles. The molecule has 0 fully saturated rings. The number of ether oxygens (including phenoxy) is 1. The molecule has 1 rings (SSSR count). The van der Waals surface area contributed by atoms with Crippen LogP contribution in [-0.4, -0.2) is 11.1 Å². The lowest BCUT2D eigenvalue weighted by molar-refractivity contribution is -0.135. The molecular formula is C8H12O3. The average Bonchev–Trinajstić information content (AvgIpc) is 1.85. The van der Waals surface area contributed by atoms with Crippen LogP contribution in [0.25, 0.3) is 0 Å². The summed E-state index contributed by atoms with van der Waals surface area (Å²) < 4.78 is 4.17. The summed E-state index contributed by atoms with van der Waals surface area (Å²) in [5.74, 6) is 0.231. The zero-order chi connectivity index (χ0) is 8.69. The SMILES string of the molecule is C=COC(C)=O.OC1=CCC1. The van der Waals surface area contributed by atoms with Gasteiger partial charge < -0.3 is 9.84 Å². The number of esters is 1. The summed E-state index contributed by atoms with van der Waals surface area (Å²) in [6.45, 7) is 4.48. The molecule has 0 amide bonds. The lowest BCUT2D eigenvalue weighted by Gasteiger charge is -2.03. The van der Waals surface area contributed by atoms with Crippen molar-refractivity contribution in [3.8, 4) is 0 Å². The van der Waals surface area contributed by atoms with Gasteiger partial charge in [0.25, 0.3) is 0 Å². The van der Waals surface area contributed by atoms with Gasteiger partial charge in [0.1, 0.15) is 0 Å². The molecule has 0 aromatic rings. The third kappa shape index (κ3) is 6.64. The van der Waals surface area contributed by atoms with E-state index in [0.717, 1.165) is 19.1 Å². The number of aliphatic hydroxyl groups is 1. The smallest absolute Gasteiger partial charge is 0.307 e. The van der Waals surface area contributed by atoms with Gasteiger partial charge in [-0.1, -0.05) is 6.58 Å². The highest BCUT2D eigenvalue weighted by atomic mass is 16.5. The first-order valence-corrected chi connectivity index (χ1v) is 3.33. The van der Waals surface area contributed by atoms with Crippen LogP contribution >= 0.6 is 0 Å². The summed E-state index contributed by atoms with van der Waals surface area (Å²) >= 11 is 0. The van der Waals surface area contributed by atoms with Gasteiger partial charge in [0.05, 0.1) is 12.0 Å². The highest BCUT2D eigenvalue weighted by Gasteiger charge is 1.98. The number of rotatable bonds is 1. The van der Waals surface area contributed by atoms with Gasteiger partial charge in [-0.25, -0.2) is 0 Å². The summed E-state index contributed by atoms with van der Waals surface area (Å²) in [5, 5.41) is 8.31. The molecule has 3 nitrogen and oxygen atoms in total. The summed E-state index contributed by atoms with van der Waals surface area (Å²) in [4.78, 5) is 9.75. The Kier molecular flexibility index (Phi) is 4.90. The minimum absolute atomic E-state index is 0.329. The van der Waals surface area contributed by atoms with E-state index in [1.165, 1.54) is 6.92 Å². The first-order chi connectivity index (χ1) is 5.16. The molecule has 1 N–H and O–H groups in total. The maximum atomic E-state index is 9.75. The predicted octanol–water partition coefficient (Wildman–Crippen LogP) is 1.92. The van der Waals surface area contributed by atoms with Crippen molar-refractivity contribution in [3.63, 3.8) is 0 Å². The Morgan fingerprint density at radius 3 is 2.36 bits per heavy atom. The number of carbonyl (C=O) groups is 1.